The van der Waals surface area contributed by atoms with Crippen LogP contribution in [-0.2, 0) is 0 Å². The molecule has 1 nitrogen and oxygen atoms in total. The van der Waals surface area contributed by atoms with Gasteiger partial charge in [0.05, 0.1) is 5.02 Å². The van der Waals surface area contributed by atoms with Crippen molar-refractivity contribution in [3.63, 3.8) is 0 Å². The summed E-state index contributed by atoms with van der Waals surface area (Å²) in [4.78, 5) is 2.03. The molecule has 0 saturated carbocycles. The first-order chi connectivity index (χ1) is 8.00. The molecule has 0 aliphatic rings. The van der Waals surface area contributed by atoms with Gasteiger partial charge >= 0.3 is 0 Å². The van der Waals surface area contributed by atoms with Gasteiger partial charge in [-0.3, -0.25) is 0 Å². The van der Waals surface area contributed by atoms with Crippen molar-refractivity contribution >= 4 is 54.8 Å². The molecule has 0 radical (unpaired) electrons. The van der Waals surface area contributed by atoms with E-state index in [1.165, 1.54) is 0 Å². The van der Waals surface area contributed by atoms with Crippen LogP contribution >= 0.6 is 54.8 Å². The number of halogens is 3. The normalized spacial score (nSPS) is 12.8. The first kappa shape index (κ1) is 13.6. The molecule has 0 bridgehead atoms. The van der Waals surface area contributed by atoms with Crippen LogP contribution in [0.3, 0.4) is 0 Å². The summed E-state index contributed by atoms with van der Waals surface area (Å²) in [6.07, 6.45) is -0.685. The molecule has 1 unspecified atom stereocenters. The van der Waals surface area contributed by atoms with Gasteiger partial charge in [0.25, 0.3) is 0 Å². The van der Waals surface area contributed by atoms with Gasteiger partial charge in [-0.25, -0.2) is 0 Å². The fraction of sp³-hybridized carbons (Fsp3) is 0.167. The fourth-order valence-corrected chi connectivity index (χ4v) is 3.68. The number of rotatable bonds is 2. The van der Waals surface area contributed by atoms with E-state index in [0.717, 1.165) is 24.3 Å². The van der Waals surface area contributed by atoms with Crippen molar-refractivity contribution in [3.05, 3.63) is 53.6 Å². The van der Waals surface area contributed by atoms with Crippen molar-refractivity contribution in [3.8, 4) is 0 Å². The van der Waals surface area contributed by atoms with Crippen LogP contribution < -0.4 is 0 Å². The third kappa shape index (κ3) is 2.76. The minimum absolute atomic E-state index is 0.558. The molecule has 1 aromatic heterocycles. The van der Waals surface area contributed by atoms with E-state index in [-0.39, 0.29) is 0 Å². The van der Waals surface area contributed by atoms with E-state index in [1.807, 2.05) is 31.2 Å². The number of aliphatic hydroxyl groups is 1. The fourth-order valence-electron chi connectivity index (χ4n) is 1.50. The van der Waals surface area contributed by atoms with Crippen LogP contribution in [0.25, 0.3) is 0 Å². The van der Waals surface area contributed by atoms with Crippen LogP contribution in [0.15, 0.2) is 33.2 Å². The van der Waals surface area contributed by atoms with Gasteiger partial charge in [0.15, 0.2) is 0 Å². The Kier molecular flexibility index (Phi) is 4.31. The molecule has 0 saturated heterocycles. The number of aliphatic hydroxyl groups excluding tert-OH is 1. The molecule has 1 N–H and O–H groups in total. The van der Waals surface area contributed by atoms with Crippen molar-refractivity contribution in [2.45, 2.75) is 13.0 Å². The average Bonchev–Trinajstić information content (AvgIpc) is 2.62. The molecule has 1 heterocycles. The van der Waals surface area contributed by atoms with Gasteiger partial charge in [-0.2, -0.15) is 0 Å². The third-order valence-corrected chi connectivity index (χ3v) is 5.92. The van der Waals surface area contributed by atoms with Crippen molar-refractivity contribution in [2.75, 3.05) is 0 Å². The first-order valence-electron chi connectivity index (χ1n) is 4.88. The van der Waals surface area contributed by atoms with E-state index in [0.29, 0.717) is 5.02 Å². The van der Waals surface area contributed by atoms with E-state index < -0.39 is 6.10 Å². The molecule has 2 rings (SSSR count). The number of benzene rings is 1. The monoisotopic (exact) mass is 394 g/mol. The van der Waals surface area contributed by atoms with Gasteiger partial charge in [-0.15, -0.1) is 11.3 Å². The lowest BCUT2D eigenvalue weighted by molar-refractivity contribution is 0.224. The maximum atomic E-state index is 10.3. The van der Waals surface area contributed by atoms with Crippen LogP contribution in [0.4, 0.5) is 0 Å². The lowest BCUT2D eigenvalue weighted by Crippen LogP contribution is -1.98. The molecule has 5 heteroatoms. The summed E-state index contributed by atoms with van der Waals surface area (Å²) in [5.74, 6) is 0. The molecule has 1 atom stereocenters. The smallest absolute Gasteiger partial charge is 0.115 e. The molecule has 90 valence electrons. The maximum absolute atomic E-state index is 10.3. The van der Waals surface area contributed by atoms with Crippen LogP contribution in [0.2, 0.25) is 5.02 Å². The Morgan fingerprint density at radius 2 is 2.00 bits per heavy atom. The largest absolute Gasteiger partial charge is 0.383 e. The number of hydrogen-bond acceptors (Lipinski definition) is 2. The highest BCUT2D eigenvalue weighted by Crippen LogP contribution is 2.37. The summed E-state index contributed by atoms with van der Waals surface area (Å²) in [5, 5.41) is 10.9. The summed E-state index contributed by atoms with van der Waals surface area (Å²) in [7, 11) is 0. The summed E-state index contributed by atoms with van der Waals surface area (Å²) >= 11 is 14.5. The van der Waals surface area contributed by atoms with Crippen LogP contribution in [0.5, 0.6) is 0 Å². The first-order valence-corrected chi connectivity index (χ1v) is 7.66. The van der Waals surface area contributed by atoms with E-state index in [4.69, 9.17) is 11.6 Å². The quantitative estimate of drug-likeness (QED) is 0.729. The molecule has 0 amide bonds. The van der Waals surface area contributed by atoms with Gasteiger partial charge < -0.3 is 5.11 Å². The average molecular weight is 397 g/mol. The van der Waals surface area contributed by atoms with E-state index in [9.17, 15) is 5.11 Å². The molecule has 0 aliphatic heterocycles. The van der Waals surface area contributed by atoms with E-state index >= 15 is 0 Å². The van der Waals surface area contributed by atoms with Crippen LogP contribution in [0.1, 0.15) is 21.4 Å². The van der Waals surface area contributed by atoms with Gasteiger partial charge in [0, 0.05) is 24.3 Å². The van der Waals surface area contributed by atoms with Gasteiger partial charge in [0.2, 0.25) is 0 Å². The third-order valence-electron chi connectivity index (χ3n) is 2.42. The molecule has 0 spiro atoms. The molecule has 2 aromatic rings. The number of aryl methyl sites for hydroxylation is 1. The number of thiophene rings is 1. The van der Waals surface area contributed by atoms with Crippen LogP contribution in [-0.4, -0.2) is 5.11 Å². The molecule has 17 heavy (non-hydrogen) atoms. The second kappa shape index (κ2) is 5.41. The predicted molar refractivity (Wildman–Crippen MR) is 80.0 cm³/mol. The Balaban J connectivity index is 2.43. The van der Waals surface area contributed by atoms with Crippen molar-refractivity contribution in [1.29, 1.82) is 0 Å². The summed E-state index contributed by atoms with van der Waals surface area (Å²) in [6, 6.07) is 7.49. The molecular formula is C12H9Br2ClOS. The van der Waals surface area contributed by atoms with E-state index in [1.54, 1.807) is 11.3 Å². The second-order valence-corrected chi connectivity index (χ2v) is 6.97. The second-order valence-electron chi connectivity index (χ2n) is 3.60. The summed E-state index contributed by atoms with van der Waals surface area (Å²) in [6.45, 7) is 2.01. The summed E-state index contributed by atoms with van der Waals surface area (Å²) in [5.41, 5.74) is 0.717. The Morgan fingerprint density at radius 3 is 2.59 bits per heavy atom. The molecule has 0 fully saturated rings. The Labute approximate surface area is 126 Å². The zero-order chi connectivity index (χ0) is 12.6. The molecule has 0 aliphatic carbocycles. The lowest BCUT2D eigenvalue weighted by atomic mass is 10.1. The lowest BCUT2D eigenvalue weighted by Gasteiger charge is -2.11. The Bertz CT molecular complexity index is 534. The van der Waals surface area contributed by atoms with Gasteiger partial charge in [0.1, 0.15) is 6.10 Å². The Morgan fingerprint density at radius 1 is 1.29 bits per heavy atom. The van der Waals surface area contributed by atoms with Crippen molar-refractivity contribution in [1.82, 2.24) is 0 Å². The number of hydrogen-bond donors (Lipinski definition) is 1. The van der Waals surface area contributed by atoms with Crippen molar-refractivity contribution in [2.24, 2.45) is 0 Å². The minimum Gasteiger partial charge on any atom is -0.383 e. The van der Waals surface area contributed by atoms with Gasteiger partial charge in [-0.05, 0) is 50.9 Å². The Hall–Kier alpha value is 0.130. The highest BCUT2D eigenvalue weighted by molar-refractivity contribution is 9.10. The van der Waals surface area contributed by atoms with Crippen molar-refractivity contribution < 1.29 is 5.11 Å². The molecular weight excluding hydrogens is 387 g/mol. The summed E-state index contributed by atoms with van der Waals surface area (Å²) < 4.78 is 1.81. The highest BCUT2D eigenvalue weighted by atomic mass is 79.9. The van der Waals surface area contributed by atoms with Gasteiger partial charge in [-0.1, -0.05) is 23.7 Å². The minimum atomic E-state index is -0.685. The van der Waals surface area contributed by atoms with E-state index in [2.05, 4.69) is 31.9 Å². The SMILES string of the molecule is Cc1sc(C(O)c2cccc(Br)c2Cl)cc1Br. The topological polar surface area (TPSA) is 20.2 Å². The maximum Gasteiger partial charge on any atom is 0.115 e. The zero-order valence-corrected chi connectivity index (χ0v) is 13.6. The molecule has 1 aromatic carbocycles. The predicted octanol–water partition coefficient (Wildman–Crippen LogP) is 5.32. The van der Waals surface area contributed by atoms with Crippen LogP contribution in [0, 0.1) is 6.92 Å². The zero-order valence-electron chi connectivity index (χ0n) is 8.88. The standard InChI is InChI=1S/C12H9Br2ClOS/c1-6-9(14)5-10(17-6)12(16)7-3-2-4-8(13)11(7)15/h2-5,12,16H,1H3. The highest BCUT2D eigenvalue weighted by Gasteiger charge is 2.18.